The van der Waals surface area contributed by atoms with Gasteiger partial charge in [-0.25, -0.2) is 4.79 Å². The quantitative estimate of drug-likeness (QED) is 0.356. The first kappa shape index (κ1) is 22.7. The molecule has 13 atom stereocenters. The average Bonchev–Trinajstić information content (AvgIpc) is 3.45. The van der Waals surface area contributed by atoms with Gasteiger partial charge in [0.1, 0.15) is 11.7 Å². The fraction of sp³-hybridized carbons (Fsp3) is 0.786. The molecule has 3 aliphatic carbocycles. The van der Waals surface area contributed by atoms with Crippen LogP contribution in [0.4, 0.5) is 0 Å². The average molecular weight is 527 g/mol. The number of ether oxygens (including phenoxy) is 5. The Balaban J connectivity index is 1.34. The number of esters is 2. The zero-order chi connectivity index (χ0) is 26.5. The third-order valence-corrected chi connectivity index (χ3v) is 12.9. The molecule has 0 aromatic carbocycles. The summed E-state index contributed by atoms with van der Waals surface area (Å²) in [6, 6.07) is 0. The van der Waals surface area contributed by atoms with Crippen molar-refractivity contribution < 1.29 is 48.0 Å². The summed E-state index contributed by atoms with van der Waals surface area (Å²) >= 11 is 0. The Bertz CT molecular complexity index is 1340. The van der Waals surface area contributed by atoms with Gasteiger partial charge in [0.2, 0.25) is 5.79 Å². The van der Waals surface area contributed by atoms with Crippen LogP contribution in [-0.4, -0.2) is 75.6 Å². The molecule has 3 spiro atoms. The van der Waals surface area contributed by atoms with Gasteiger partial charge in [0.05, 0.1) is 30.0 Å². The Morgan fingerprint density at radius 3 is 2.63 bits per heavy atom. The third kappa shape index (κ3) is 1.79. The van der Waals surface area contributed by atoms with E-state index < -0.39 is 80.7 Å². The topological polar surface area (TPSA) is 138 Å². The maximum Gasteiger partial charge on any atom is 0.342 e. The number of rotatable bonds is 0. The van der Waals surface area contributed by atoms with E-state index in [1.165, 1.54) is 0 Å². The number of aliphatic hydroxyl groups is 1. The van der Waals surface area contributed by atoms with Crippen LogP contribution < -0.4 is 0 Å². The van der Waals surface area contributed by atoms with Gasteiger partial charge in [-0.15, -0.1) is 0 Å². The fourth-order valence-corrected chi connectivity index (χ4v) is 10.9. The van der Waals surface area contributed by atoms with Gasteiger partial charge in [-0.3, -0.25) is 14.4 Å². The molecule has 1 N–H and O–H groups in total. The summed E-state index contributed by atoms with van der Waals surface area (Å²) in [6.07, 6.45) is 3.82. The van der Waals surface area contributed by atoms with Crippen molar-refractivity contribution in [3.05, 3.63) is 12.2 Å². The van der Waals surface area contributed by atoms with E-state index in [4.69, 9.17) is 23.7 Å². The molecule has 6 saturated heterocycles. The minimum atomic E-state index is -2.19. The van der Waals surface area contributed by atoms with Gasteiger partial charge in [-0.05, 0) is 63.4 Å². The SMILES string of the molecule is C[C@@]12C[C@H]3OC(=O)[C@@H]1CO[C@@]14O[C@@]5([C@H]2C1=O)[C@@]3(C)OC(=O)[C@@]5(O)CC[C@H]1[C@H]4C[C@H]2O[C@]23CC=CC(=O)[C@]13C. The molecule has 0 aromatic heterocycles. The first-order valence-corrected chi connectivity index (χ1v) is 13.8. The van der Waals surface area contributed by atoms with Crippen LogP contribution in [-0.2, 0) is 42.9 Å². The van der Waals surface area contributed by atoms with E-state index in [-0.39, 0.29) is 43.5 Å². The van der Waals surface area contributed by atoms with Crippen molar-refractivity contribution in [2.45, 2.75) is 93.3 Å². The minimum absolute atomic E-state index is 0.0583. The molecule has 8 fully saturated rings. The van der Waals surface area contributed by atoms with Gasteiger partial charge in [0.25, 0.3) is 0 Å². The molecule has 10 heteroatoms. The Labute approximate surface area is 218 Å². The van der Waals surface area contributed by atoms with Crippen LogP contribution in [0.15, 0.2) is 12.2 Å². The lowest BCUT2D eigenvalue weighted by Crippen LogP contribution is -2.79. The number of epoxide rings is 1. The summed E-state index contributed by atoms with van der Waals surface area (Å²) in [5.41, 5.74) is -8.23. The van der Waals surface area contributed by atoms with Crippen LogP contribution >= 0.6 is 0 Å². The highest BCUT2D eigenvalue weighted by Crippen LogP contribution is 2.77. The van der Waals surface area contributed by atoms with E-state index in [1.807, 2.05) is 19.9 Å². The van der Waals surface area contributed by atoms with Crippen LogP contribution in [0.5, 0.6) is 0 Å². The molecule has 6 aliphatic heterocycles. The molecule has 9 aliphatic rings. The van der Waals surface area contributed by atoms with Gasteiger partial charge in [-0.1, -0.05) is 13.0 Å². The van der Waals surface area contributed by atoms with Crippen LogP contribution in [0.25, 0.3) is 0 Å². The lowest BCUT2D eigenvalue weighted by Gasteiger charge is -2.63. The molecule has 10 nitrogen and oxygen atoms in total. The van der Waals surface area contributed by atoms with E-state index in [2.05, 4.69) is 0 Å². The van der Waals surface area contributed by atoms with E-state index >= 15 is 0 Å². The predicted molar refractivity (Wildman–Crippen MR) is 122 cm³/mol. The molecule has 0 aromatic rings. The maximum atomic E-state index is 14.9. The van der Waals surface area contributed by atoms with Crippen LogP contribution in [0, 0.1) is 34.5 Å². The molecule has 6 heterocycles. The molecule has 0 radical (unpaired) electrons. The number of Topliss-reactive ketones (excluding diaryl/α,β-unsaturated/α-hetero) is 1. The zero-order valence-corrected chi connectivity index (χ0v) is 21.5. The number of carbonyl (C=O) groups is 4. The zero-order valence-electron chi connectivity index (χ0n) is 21.5. The number of fused-ring (bicyclic) bond motifs is 4. The first-order chi connectivity index (χ1) is 17.9. The number of hydrogen-bond acceptors (Lipinski definition) is 10. The maximum absolute atomic E-state index is 14.9. The van der Waals surface area contributed by atoms with Crippen LogP contribution in [0.1, 0.15) is 52.9 Å². The van der Waals surface area contributed by atoms with Crippen LogP contribution in [0.3, 0.4) is 0 Å². The van der Waals surface area contributed by atoms with Crippen molar-refractivity contribution in [2.24, 2.45) is 34.5 Å². The summed E-state index contributed by atoms with van der Waals surface area (Å²) in [6.45, 7) is 5.27. The third-order valence-electron chi connectivity index (χ3n) is 12.9. The van der Waals surface area contributed by atoms with Gasteiger partial charge in [0.15, 0.2) is 28.4 Å². The highest BCUT2D eigenvalue weighted by molar-refractivity contribution is 6.00. The van der Waals surface area contributed by atoms with E-state index in [1.54, 1.807) is 13.0 Å². The lowest BCUT2D eigenvalue weighted by molar-refractivity contribution is -0.375. The first-order valence-electron chi connectivity index (χ1n) is 13.8. The van der Waals surface area contributed by atoms with E-state index in [0.717, 1.165) is 0 Å². The standard InChI is InChI=1S/C28H30O10/c1-22-10-17-24(3)28-18(22)19(30)27(38-28,34-11-14(22)20(31)35-17)13-9-16-26(36-16)7-4-5-15(29)23(26,2)12(13)6-8-25(28,33)21(32)37-24/h4-5,12-14,16-18,33H,6-11H2,1-3H3/t12-,13+,14-,16+,17+,18-,22+,23-,24-,25-,26+,27-,28-/m0/s1. The van der Waals surface area contributed by atoms with Crippen molar-refractivity contribution >= 4 is 23.5 Å². The van der Waals surface area contributed by atoms with Crippen molar-refractivity contribution in [3.63, 3.8) is 0 Å². The van der Waals surface area contributed by atoms with Gasteiger partial charge in [-0.2, -0.15) is 0 Å². The van der Waals surface area contributed by atoms with Crippen LogP contribution in [0.2, 0.25) is 0 Å². The molecular weight excluding hydrogens is 496 g/mol. The molecule has 5 bridgehead atoms. The Hall–Kier alpha value is -2.14. The second-order valence-electron chi connectivity index (χ2n) is 13.8. The molecule has 202 valence electrons. The summed E-state index contributed by atoms with van der Waals surface area (Å²) in [7, 11) is 0. The normalized spacial score (nSPS) is 64.1. The summed E-state index contributed by atoms with van der Waals surface area (Å²) in [4.78, 5) is 55.6. The number of allylic oxidation sites excluding steroid dienone is 1. The minimum Gasteiger partial charge on any atom is -0.458 e. The Morgan fingerprint density at radius 2 is 1.84 bits per heavy atom. The van der Waals surface area contributed by atoms with Crippen molar-refractivity contribution in [1.82, 2.24) is 0 Å². The highest BCUT2D eigenvalue weighted by Gasteiger charge is 2.94. The largest absolute Gasteiger partial charge is 0.458 e. The fourth-order valence-electron chi connectivity index (χ4n) is 10.9. The Kier molecular flexibility index (Phi) is 3.47. The highest BCUT2D eigenvalue weighted by atomic mass is 16.8. The van der Waals surface area contributed by atoms with Gasteiger partial charge < -0.3 is 28.8 Å². The van der Waals surface area contributed by atoms with Gasteiger partial charge >= 0.3 is 11.9 Å². The number of carbonyl (C=O) groups excluding carboxylic acids is 4. The van der Waals surface area contributed by atoms with Crippen molar-refractivity contribution in [3.8, 4) is 0 Å². The molecule has 2 saturated carbocycles. The lowest BCUT2D eigenvalue weighted by atomic mass is 9.46. The number of hydrogen-bond donors (Lipinski definition) is 1. The van der Waals surface area contributed by atoms with Crippen molar-refractivity contribution in [2.75, 3.05) is 6.61 Å². The molecule has 9 rings (SSSR count). The summed E-state index contributed by atoms with van der Waals surface area (Å²) in [5, 5.41) is 12.4. The monoisotopic (exact) mass is 526 g/mol. The molecule has 0 unspecified atom stereocenters. The second kappa shape index (κ2) is 5.82. The van der Waals surface area contributed by atoms with Crippen molar-refractivity contribution in [1.29, 1.82) is 0 Å². The van der Waals surface area contributed by atoms with Gasteiger partial charge in [0, 0.05) is 5.92 Å². The smallest absolute Gasteiger partial charge is 0.342 e. The summed E-state index contributed by atoms with van der Waals surface area (Å²) in [5.74, 6) is -6.56. The molecule has 38 heavy (non-hydrogen) atoms. The summed E-state index contributed by atoms with van der Waals surface area (Å²) < 4.78 is 31.5. The van der Waals surface area contributed by atoms with E-state index in [0.29, 0.717) is 12.8 Å². The predicted octanol–water partition coefficient (Wildman–Crippen LogP) is 0.768. The Morgan fingerprint density at radius 1 is 1.05 bits per heavy atom. The molecular formula is C28H30O10. The van der Waals surface area contributed by atoms with E-state index in [9.17, 15) is 24.3 Å². The number of ketones is 2. The molecule has 0 amide bonds. The second-order valence-corrected chi connectivity index (χ2v) is 13.8.